The summed E-state index contributed by atoms with van der Waals surface area (Å²) >= 11 is 3.29. The molecule has 146 valence electrons. The molecule has 4 N–H and O–H groups in total. The molecule has 1 aromatic rings. The minimum atomic E-state index is -2.02. The van der Waals surface area contributed by atoms with Crippen molar-refractivity contribution in [1.82, 2.24) is 10.2 Å². The third-order valence-corrected chi connectivity index (χ3v) is 5.77. The van der Waals surface area contributed by atoms with Gasteiger partial charge in [0.2, 0.25) is 11.8 Å². The molecule has 3 rings (SSSR count). The van der Waals surface area contributed by atoms with E-state index in [9.17, 15) is 29.7 Å². The number of imide groups is 1. The van der Waals surface area contributed by atoms with Crippen LogP contribution in [0.15, 0.2) is 22.7 Å². The Morgan fingerprint density at radius 1 is 1.30 bits per heavy atom. The van der Waals surface area contributed by atoms with Gasteiger partial charge >= 0.3 is 5.97 Å². The molecule has 2 fully saturated rings. The van der Waals surface area contributed by atoms with Crippen LogP contribution in [0.2, 0.25) is 0 Å². The highest BCUT2D eigenvalue weighted by Crippen LogP contribution is 2.51. The smallest absolute Gasteiger partial charge is 0.327 e. The molecule has 2 heterocycles. The number of aliphatic hydroxyl groups excluding tert-OH is 1. The number of carbonyl (C=O) groups is 3. The Morgan fingerprint density at radius 2 is 1.93 bits per heavy atom. The third-order valence-electron chi connectivity index (χ3n) is 5.28. The summed E-state index contributed by atoms with van der Waals surface area (Å²) in [6.07, 6.45) is 0. The quantitative estimate of drug-likeness (QED) is 0.516. The van der Waals surface area contributed by atoms with Crippen molar-refractivity contribution < 1.29 is 29.7 Å². The van der Waals surface area contributed by atoms with Crippen molar-refractivity contribution in [3.63, 3.8) is 0 Å². The fourth-order valence-corrected chi connectivity index (χ4v) is 4.49. The maximum Gasteiger partial charge on any atom is 0.327 e. The van der Waals surface area contributed by atoms with Gasteiger partial charge in [-0.25, -0.2) is 0 Å². The molecule has 2 aliphatic rings. The molecule has 2 amide bonds. The highest BCUT2D eigenvalue weighted by Gasteiger charge is 2.69. The van der Waals surface area contributed by atoms with Crippen LogP contribution >= 0.6 is 15.9 Å². The third kappa shape index (κ3) is 2.76. The number of hydrogen-bond donors (Lipinski definition) is 4. The van der Waals surface area contributed by atoms with Crippen LogP contribution in [0.1, 0.15) is 32.4 Å². The summed E-state index contributed by atoms with van der Waals surface area (Å²) in [6.45, 7) is 4.19. The van der Waals surface area contributed by atoms with Crippen LogP contribution in [0.25, 0.3) is 0 Å². The lowest BCUT2D eigenvalue weighted by molar-refractivity contribution is -0.155. The van der Waals surface area contributed by atoms with E-state index in [0.717, 1.165) is 4.90 Å². The number of fused-ring (bicyclic) bond motifs is 1. The fourth-order valence-electron chi connectivity index (χ4n) is 4.12. The lowest BCUT2D eigenvalue weighted by atomic mass is 9.79. The van der Waals surface area contributed by atoms with Gasteiger partial charge in [0, 0.05) is 21.6 Å². The SMILES string of the molecule is CC(C)(C)N1C(=O)C2C(c3cc(Br)ccc3O)NC(CO)(C(=O)O)C2C1=O. The van der Waals surface area contributed by atoms with Crippen molar-refractivity contribution in [2.24, 2.45) is 11.8 Å². The number of likely N-dealkylation sites (tertiary alicyclic amines) is 1. The number of carbonyl (C=O) groups excluding carboxylic acids is 2. The number of aromatic hydroxyl groups is 1. The maximum atomic E-state index is 13.1. The molecule has 0 saturated carbocycles. The molecule has 8 nitrogen and oxygen atoms in total. The van der Waals surface area contributed by atoms with E-state index in [1.807, 2.05) is 0 Å². The molecular weight excluding hydrogens is 420 g/mol. The molecule has 2 aliphatic heterocycles. The molecule has 0 radical (unpaired) electrons. The molecule has 27 heavy (non-hydrogen) atoms. The van der Waals surface area contributed by atoms with E-state index in [1.54, 1.807) is 32.9 Å². The van der Waals surface area contributed by atoms with E-state index < -0.39 is 53.3 Å². The zero-order valence-corrected chi connectivity index (χ0v) is 16.6. The monoisotopic (exact) mass is 440 g/mol. The van der Waals surface area contributed by atoms with E-state index in [1.165, 1.54) is 6.07 Å². The molecule has 0 aliphatic carbocycles. The Bertz CT molecular complexity index is 836. The molecule has 0 bridgehead atoms. The number of benzene rings is 1. The van der Waals surface area contributed by atoms with Crippen molar-refractivity contribution in [2.75, 3.05) is 6.61 Å². The number of nitrogens with one attached hydrogen (secondary N) is 1. The molecule has 9 heteroatoms. The van der Waals surface area contributed by atoms with Gasteiger partial charge in [0.25, 0.3) is 0 Å². The first-order chi connectivity index (χ1) is 12.5. The number of phenols is 1. The number of hydrogen-bond acceptors (Lipinski definition) is 6. The normalized spacial score (nSPS) is 30.7. The summed E-state index contributed by atoms with van der Waals surface area (Å²) in [5.74, 6) is -5.06. The number of phenolic OH excluding ortho intramolecular Hbond substituents is 1. The number of halogens is 1. The lowest BCUT2D eigenvalue weighted by Gasteiger charge is -2.34. The van der Waals surface area contributed by atoms with Gasteiger partial charge < -0.3 is 15.3 Å². The van der Waals surface area contributed by atoms with Gasteiger partial charge in [-0.05, 0) is 39.0 Å². The van der Waals surface area contributed by atoms with Crippen LogP contribution in [0.3, 0.4) is 0 Å². The number of aliphatic hydroxyl groups is 1. The summed E-state index contributed by atoms with van der Waals surface area (Å²) in [4.78, 5) is 39.3. The first-order valence-corrected chi connectivity index (χ1v) is 9.23. The Balaban J connectivity index is 2.21. The Morgan fingerprint density at radius 3 is 2.44 bits per heavy atom. The minimum absolute atomic E-state index is 0.136. The van der Waals surface area contributed by atoms with Crippen molar-refractivity contribution in [2.45, 2.75) is 37.9 Å². The largest absolute Gasteiger partial charge is 0.508 e. The number of nitrogens with zero attached hydrogens (tertiary/aromatic N) is 1. The van der Waals surface area contributed by atoms with Crippen LogP contribution < -0.4 is 5.32 Å². The molecule has 0 aromatic heterocycles. The summed E-state index contributed by atoms with van der Waals surface area (Å²) in [7, 11) is 0. The van der Waals surface area contributed by atoms with Gasteiger partial charge in [0.1, 0.15) is 5.75 Å². The van der Waals surface area contributed by atoms with Crippen LogP contribution in [-0.4, -0.2) is 55.7 Å². The van der Waals surface area contributed by atoms with Gasteiger partial charge in [-0.1, -0.05) is 15.9 Å². The number of rotatable bonds is 3. The van der Waals surface area contributed by atoms with Gasteiger partial charge in [-0.3, -0.25) is 24.6 Å². The minimum Gasteiger partial charge on any atom is -0.508 e. The van der Waals surface area contributed by atoms with Crippen LogP contribution in [0.4, 0.5) is 0 Å². The number of carboxylic acid groups (broad SMARTS) is 1. The van der Waals surface area contributed by atoms with Gasteiger partial charge in [-0.15, -0.1) is 0 Å². The van der Waals surface area contributed by atoms with Crippen LogP contribution in [-0.2, 0) is 14.4 Å². The molecule has 4 atom stereocenters. The van der Waals surface area contributed by atoms with E-state index in [0.29, 0.717) is 4.47 Å². The van der Waals surface area contributed by atoms with Gasteiger partial charge in [-0.2, -0.15) is 0 Å². The van der Waals surface area contributed by atoms with Crippen LogP contribution in [0, 0.1) is 11.8 Å². The Kier molecular flexibility index (Phi) is 4.61. The number of aliphatic carboxylic acids is 1. The first kappa shape index (κ1) is 19.8. The van der Waals surface area contributed by atoms with E-state index in [4.69, 9.17) is 0 Å². The predicted octanol–water partition coefficient (Wildman–Crippen LogP) is 1.01. The first-order valence-electron chi connectivity index (χ1n) is 8.44. The van der Waals surface area contributed by atoms with Crippen molar-refractivity contribution in [1.29, 1.82) is 0 Å². The van der Waals surface area contributed by atoms with Gasteiger partial charge in [0.05, 0.1) is 18.4 Å². The highest BCUT2D eigenvalue weighted by molar-refractivity contribution is 9.10. The predicted molar refractivity (Wildman–Crippen MR) is 97.7 cm³/mol. The average molecular weight is 441 g/mol. The molecule has 1 aromatic carbocycles. The summed E-state index contributed by atoms with van der Waals surface area (Å²) in [5.41, 5.74) is -2.58. The molecule has 0 spiro atoms. The second-order valence-corrected chi connectivity index (χ2v) is 8.86. The standard InChI is InChI=1S/C18H21BrN2O6/c1-17(2,3)21-14(24)11-12(15(21)25)18(7-22,16(26)27)20-13(11)9-6-8(19)4-5-10(9)23/h4-6,11-13,20,22-23H,7H2,1-3H3,(H,26,27). The van der Waals surface area contributed by atoms with Crippen molar-refractivity contribution in [3.05, 3.63) is 28.2 Å². The van der Waals surface area contributed by atoms with Gasteiger partial charge in [0.15, 0.2) is 5.54 Å². The summed E-state index contributed by atoms with van der Waals surface area (Å²) in [5, 5.41) is 32.8. The van der Waals surface area contributed by atoms with E-state index in [-0.39, 0.29) is 11.3 Å². The summed E-state index contributed by atoms with van der Waals surface area (Å²) < 4.78 is 0.620. The van der Waals surface area contributed by atoms with Crippen molar-refractivity contribution >= 4 is 33.7 Å². The zero-order valence-electron chi connectivity index (χ0n) is 15.1. The second-order valence-electron chi connectivity index (χ2n) is 7.95. The number of amides is 2. The maximum absolute atomic E-state index is 13.1. The van der Waals surface area contributed by atoms with Crippen molar-refractivity contribution in [3.8, 4) is 5.75 Å². The lowest BCUT2D eigenvalue weighted by Crippen LogP contribution is -2.59. The fraction of sp³-hybridized carbons (Fsp3) is 0.500. The Labute approximate surface area is 164 Å². The zero-order chi connectivity index (χ0) is 20.3. The average Bonchev–Trinajstić information content (AvgIpc) is 3.04. The molecule has 4 unspecified atom stereocenters. The topological polar surface area (TPSA) is 127 Å². The summed E-state index contributed by atoms with van der Waals surface area (Å²) in [6, 6.07) is 3.64. The highest BCUT2D eigenvalue weighted by atomic mass is 79.9. The van der Waals surface area contributed by atoms with E-state index >= 15 is 0 Å². The van der Waals surface area contributed by atoms with Crippen LogP contribution in [0.5, 0.6) is 5.75 Å². The number of carboxylic acids is 1. The molecular formula is C18H21BrN2O6. The second kappa shape index (κ2) is 6.29. The molecule has 2 saturated heterocycles. The van der Waals surface area contributed by atoms with E-state index in [2.05, 4.69) is 21.2 Å². The Hall–Kier alpha value is -1.97.